The summed E-state index contributed by atoms with van der Waals surface area (Å²) in [6, 6.07) is 0. The van der Waals surface area contributed by atoms with Gasteiger partial charge in [0, 0.05) is 19.6 Å². The van der Waals surface area contributed by atoms with Crippen LogP contribution in [-0.4, -0.2) is 39.3 Å². The van der Waals surface area contributed by atoms with Gasteiger partial charge in [-0.2, -0.15) is 13.2 Å². The van der Waals surface area contributed by atoms with E-state index in [1.807, 2.05) is 0 Å². The number of hydrogen-bond acceptors (Lipinski definition) is 4. The Morgan fingerprint density at radius 3 is 2.55 bits per heavy atom. The number of rotatable bonds is 4. The lowest BCUT2D eigenvalue weighted by molar-refractivity contribution is -0.148. The number of nitrogens with zero attached hydrogens (tertiary/aromatic N) is 4. The first-order chi connectivity index (χ1) is 9.43. The van der Waals surface area contributed by atoms with Gasteiger partial charge in [-0.25, -0.2) is 0 Å². The number of hydrogen-bond donors (Lipinski definition) is 1. The molecule has 1 aliphatic carbocycles. The van der Waals surface area contributed by atoms with Gasteiger partial charge in [0.25, 0.3) is 0 Å². The van der Waals surface area contributed by atoms with Gasteiger partial charge < -0.3 is 10.3 Å². The fraction of sp³-hybridized carbons (Fsp3) is 0.833. The predicted molar refractivity (Wildman–Crippen MR) is 65.6 cm³/mol. The van der Waals surface area contributed by atoms with Crippen molar-refractivity contribution < 1.29 is 13.2 Å². The van der Waals surface area contributed by atoms with E-state index < -0.39 is 12.0 Å². The van der Waals surface area contributed by atoms with Crippen molar-refractivity contribution in [2.45, 2.75) is 38.5 Å². The minimum atomic E-state index is -4.43. The molecule has 1 fully saturated rings. The highest BCUT2D eigenvalue weighted by Crippen LogP contribution is 2.49. The van der Waals surface area contributed by atoms with E-state index in [0.717, 1.165) is 13.0 Å². The molecule has 1 saturated carbocycles. The zero-order valence-corrected chi connectivity index (χ0v) is 11.2. The van der Waals surface area contributed by atoms with E-state index in [9.17, 15) is 13.2 Å². The molecule has 0 saturated heterocycles. The van der Waals surface area contributed by atoms with Crippen molar-refractivity contribution in [3.8, 4) is 0 Å². The Kier molecular flexibility index (Phi) is 3.24. The summed E-state index contributed by atoms with van der Waals surface area (Å²) in [6.45, 7) is 2.92. The summed E-state index contributed by atoms with van der Waals surface area (Å²) < 4.78 is 39.4. The fourth-order valence-electron chi connectivity index (χ4n) is 3.00. The molecular formula is C12H18F3N5. The maximum Gasteiger partial charge on any atom is 0.451 e. The molecule has 1 aromatic rings. The largest absolute Gasteiger partial charge is 0.451 e. The molecule has 1 aliphatic heterocycles. The first-order valence-electron chi connectivity index (χ1n) is 6.85. The van der Waals surface area contributed by atoms with Crippen LogP contribution in [0.25, 0.3) is 0 Å². The van der Waals surface area contributed by atoms with Gasteiger partial charge in [0.15, 0.2) is 0 Å². The third kappa shape index (κ3) is 2.54. The number of nitrogens with two attached hydrogens (primary N) is 1. The number of fused-ring (bicyclic) bond motifs is 1. The average molecular weight is 289 g/mol. The van der Waals surface area contributed by atoms with E-state index in [-0.39, 0.29) is 0 Å². The SMILES string of the molecule is NCCC1(CN2CCn3c(nnc3C(F)(F)F)C2)CC1. The summed E-state index contributed by atoms with van der Waals surface area (Å²) in [5.41, 5.74) is 5.91. The molecule has 0 unspecified atom stereocenters. The molecule has 5 nitrogen and oxygen atoms in total. The van der Waals surface area contributed by atoms with Gasteiger partial charge in [0.05, 0.1) is 6.54 Å². The van der Waals surface area contributed by atoms with Crippen LogP contribution in [0.2, 0.25) is 0 Å². The van der Waals surface area contributed by atoms with E-state index in [2.05, 4.69) is 15.1 Å². The molecule has 0 spiro atoms. The standard InChI is InChI=1S/C12H18F3N5/c13-12(14,15)10-18-17-9-7-19(5-6-20(9)10)8-11(1-2-11)3-4-16/h1-8,16H2. The molecule has 0 radical (unpaired) electrons. The molecule has 3 rings (SSSR count). The van der Waals surface area contributed by atoms with Crippen molar-refractivity contribution in [1.29, 1.82) is 0 Å². The molecule has 1 aromatic heterocycles. The van der Waals surface area contributed by atoms with Gasteiger partial charge in [-0.3, -0.25) is 4.90 Å². The molecule has 0 aromatic carbocycles. The highest BCUT2D eigenvalue weighted by molar-refractivity contribution is 5.04. The lowest BCUT2D eigenvalue weighted by Crippen LogP contribution is -2.39. The molecule has 2 heterocycles. The Bertz CT molecular complexity index is 492. The summed E-state index contributed by atoms with van der Waals surface area (Å²) in [5, 5.41) is 6.99. The molecule has 2 N–H and O–H groups in total. The summed E-state index contributed by atoms with van der Waals surface area (Å²) >= 11 is 0. The Hall–Kier alpha value is -1.15. The van der Waals surface area contributed by atoms with Crippen LogP contribution >= 0.6 is 0 Å². The highest BCUT2D eigenvalue weighted by Gasteiger charge is 2.44. The lowest BCUT2D eigenvalue weighted by atomic mass is 10.0. The van der Waals surface area contributed by atoms with E-state index in [4.69, 9.17) is 5.73 Å². The van der Waals surface area contributed by atoms with Gasteiger partial charge in [-0.15, -0.1) is 10.2 Å². The zero-order chi connectivity index (χ0) is 14.4. The van der Waals surface area contributed by atoms with Crippen LogP contribution in [0.3, 0.4) is 0 Å². The Labute approximate surface area is 114 Å². The van der Waals surface area contributed by atoms with Crippen molar-refractivity contribution in [3.05, 3.63) is 11.6 Å². The first kappa shape index (κ1) is 13.8. The second-order valence-electron chi connectivity index (χ2n) is 5.84. The van der Waals surface area contributed by atoms with E-state index in [1.165, 1.54) is 17.4 Å². The Balaban J connectivity index is 1.69. The van der Waals surface area contributed by atoms with Crippen LogP contribution in [-0.2, 0) is 19.3 Å². The highest BCUT2D eigenvalue weighted by atomic mass is 19.4. The summed E-state index contributed by atoms with van der Waals surface area (Å²) in [7, 11) is 0. The third-order valence-corrected chi connectivity index (χ3v) is 4.28. The van der Waals surface area contributed by atoms with E-state index in [1.54, 1.807) is 0 Å². The monoisotopic (exact) mass is 289 g/mol. The second-order valence-corrected chi connectivity index (χ2v) is 5.84. The van der Waals surface area contributed by atoms with Crippen molar-refractivity contribution in [3.63, 3.8) is 0 Å². The number of alkyl halides is 3. The van der Waals surface area contributed by atoms with Crippen LogP contribution in [0.5, 0.6) is 0 Å². The van der Waals surface area contributed by atoms with Crippen LogP contribution in [0.15, 0.2) is 0 Å². The van der Waals surface area contributed by atoms with Crippen molar-refractivity contribution in [2.24, 2.45) is 11.1 Å². The quantitative estimate of drug-likeness (QED) is 0.906. The van der Waals surface area contributed by atoms with Gasteiger partial charge in [-0.05, 0) is 31.2 Å². The second kappa shape index (κ2) is 4.70. The molecule has 20 heavy (non-hydrogen) atoms. The zero-order valence-electron chi connectivity index (χ0n) is 11.2. The van der Waals surface area contributed by atoms with Crippen LogP contribution in [0, 0.1) is 5.41 Å². The van der Waals surface area contributed by atoms with E-state index >= 15 is 0 Å². The summed E-state index contributed by atoms with van der Waals surface area (Å²) in [6.07, 6.45) is -1.10. The molecule has 112 valence electrons. The number of aromatic nitrogens is 3. The molecule has 0 bridgehead atoms. The van der Waals surface area contributed by atoms with Crippen LogP contribution in [0.4, 0.5) is 13.2 Å². The maximum atomic E-state index is 12.7. The summed E-state index contributed by atoms with van der Waals surface area (Å²) in [5.74, 6) is -0.470. The molecule has 0 amide bonds. The molecule has 0 atom stereocenters. The number of halogens is 3. The molecule has 8 heteroatoms. The Morgan fingerprint density at radius 1 is 1.20 bits per heavy atom. The van der Waals surface area contributed by atoms with Crippen LogP contribution < -0.4 is 5.73 Å². The average Bonchev–Trinajstić information content (AvgIpc) is 2.97. The van der Waals surface area contributed by atoms with Crippen LogP contribution in [0.1, 0.15) is 30.9 Å². The predicted octanol–water partition coefficient (Wildman–Crippen LogP) is 1.24. The van der Waals surface area contributed by atoms with Gasteiger partial charge in [0.2, 0.25) is 5.82 Å². The topological polar surface area (TPSA) is 60.0 Å². The van der Waals surface area contributed by atoms with Crippen molar-refractivity contribution >= 4 is 0 Å². The van der Waals surface area contributed by atoms with Gasteiger partial charge >= 0.3 is 6.18 Å². The van der Waals surface area contributed by atoms with Gasteiger partial charge in [-0.1, -0.05) is 0 Å². The minimum absolute atomic E-state index is 0.295. The smallest absolute Gasteiger partial charge is 0.330 e. The normalized spacial score (nSPS) is 21.8. The minimum Gasteiger partial charge on any atom is -0.330 e. The summed E-state index contributed by atoms with van der Waals surface area (Å²) in [4.78, 5) is 2.17. The lowest BCUT2D eigenvalue weighted by Gasteiger charge is -2.31. The third-order valence-electron chi connectivity index (χ3n) is 4.28. The van der Waals surface area contributed by atoms with Crippen molar-refractivity contribution in [2.75, 3.05) is 19.6 Å². The Morgan fingerprint density at radius 2 is 1.95 bits per heavy atom. The van der Waals surface area contributed by atoms with Crippen molar-refractivity contribution in [1.82, 2.24) is 19.7 Å². The maximum absolute atomic E-state index is 12.7. The van der Waals surface area contributed by atoms with E-state index in [0.29, 0.717) is 37.4 Å². The van der Waals surface area contributed by atoms with Gasteiger partial charge in [0.1, 0.15) is 5.82 Å². The fourth-order valence-corrected chi connectivity index (χ4v) is 3.00. The molecular weight excluding hydrogens is 271 g/mol. The first-order valence-corrected chi connectivity index (χ1v) is 6.85. The molecule has 2 aliphatic rings.